The Hall–Kier alpha value is -3.61. The van der Waals surface area contributed by atoms with E-state index in [2.05, 4.69) is 37.2 Å². The van der Waals surface area contributed by atoms with Crippen molar-refractivity contribution in [3.05, 3.63) is 83.4 Å². The number of aliphatic imine (C=N–C) groups is 1. The standard InChI is InChI=1S/C29H39N3O4/c1-8-16-32(12-5)22(9-2)18-27-21(7)31-29-24(20(6)25(33)13-14-26(29)36-27)19-23(10-3)35-17-15-30-28(34)11-4/h9-10,14,18-19H,3,7-8,11-13,15-17H2,1-2,4-6H3,(H,30,34)/b22-9+,23-19+,27-18+. The number of hydrogen-bond donors (Lipinski definition) is 1. The van der Waals surface area contributed by atoms with Crippen LogP contribution in [0.2, 0.25) is 0 Å². The minimum absolute atomic E-state index is 0.0292. The Morgan fingerprint density at radius 3 is 2.69 bits per heavy atom. The number of nitrogens with one attached hydrogen (secondary N) is 1. The van der Waals surface area contributed by atoms with Gasteiger partial charge in [-0.2, -0.15) is 0 Å². The summed E-state index contributed by atoms with van der Waals surface area (Å²) in [6.45, 7) is 20.2. The second-order valence-electron chi connectivity index (χ2n) is 8.35. The molecule has 0 bridgehead atoms. The van der Waals surface area contributed by atoms with Crippen molar-refractivity contribution in [2.24, 2.45) is 4.99 Å². The number of allylic oxidation sites excluding steroid dienone is 7. The summed E-state index contributed by atoms with van der Waals surface area (Å²) in [5, 5.41) is 2.77. The van der Waals surface area contributed by atoms with Crippen molar-refractivity contribution in [3.63, 3.8) is 0 Å². The van der Waals surface area contributed by atoms with Gasteiger partial charge in [-0.05, 0) is 45.4 Å². The first-order valence-electron chi connectivity index (χ1n) is 12.6. The summed E-state index contributed by atoms with van der Waals surface area (Å²) >= 11 is 0. The molecule has 0 aromatic rings. The molecule has 194 valence electrons. The van der Waals surface area contributed by atoms with Crippen LogP contribution in [-0.2, 0) is 19.1 Å². The maximum Gasteiger partial charge on any atom is 0.219 e. The molecule has 2 rings (SSSR count). The van der Waals surface area contributed by atoms with Crippen molar-refractivity contribution in [1.29, 1.82) is 0 Å². The molecule has 1 aliphatic heterocycles. The number of amides is 1. The van der Waals surface area contributed by atoms with E-state index in [9.17, 15) is 9.59 Å². The highest BCUT2D eigenvalue weighted by molar-refractivity contribution is 6.20. The third kappa shape index (κ3) is 7.44. The second-order valence-corrected chi connectivity index (χ2v) is 8.35. The highest BCUT2D eigenvalue weighted by atomic mass is 16.5. The topological polar surface area (TPSA) is 80.2 Å². The van der Waals surface area contributed by atoms with Crippen LogP contribution in [0.4, 0.5) is 0 Å². The SMILES string of the molecule is C=C/C(=C\C1=C(C)C(=O)CC=C2O/C(=C/C(=C\C)N(CC)CCC)C(=C)N=C21)OCCNC(=O)CC. The fourth-order valence-electron chi connectivity index (χ4n) is 3.78. The number of hydrogen-bond acceptors (Lipinski definition) is 6. The lowest BCUT2D eigenvalue weighted by atomic mass is 10.00. The summed E-state index contributed by atoms with van der Waals surface area (Å²) in [6, 6.07) is 0. The van der Waals surface area contributed by atoms with E-state index in [1.165, 1.54) is 0 Å². The average Bonchev–Trinajstić information content (AvgIpc) is 2.99. The van der Waals surface area contributed by atoms with Crippen LogP contribution in [0.25, 0.3) is 0 Å². The predicted octanol–water partition coefficient (Wildman–Crippen LogP) is 5.28. The van der Waals surface area contributed by atoms with Gasteiger partial charge in [-0.1, -0.05) is 33.1 Å². The second kappa shape index (κ2) is 14.1. The maximum absolute atomic E-state index is 12.8. The molecule has 0 spiro atoms. The predicted molar refractivity (Wildman–Crippen MR) is 145 cm³/mol. The molecule has 0 aromatic carbocycles. The molecule has 7 heteroatoms. The van der Waals surface area contributed by atoms with Crippen LogP contribution < -0.4 is 5.32 Å². The summed E-state index contributed by atoms with van der Waals surface area (Å²) < 4.78 is 12.1. The number of fused-ring (bicyclic) bond motifs is 1. The lowest BCUT2D eigenvalue weighted by Gasteiger charge is -2.26. The molecule has 1 aliphatic carbocycles. The summed E-state index contributed by atoms with van der Waals surface area (Å²) in [5.74, 6) is 1.46. The van der Waals surface area contributed by atoms with Gasteiger partial charge in [0.05, 0.1) is 12.2 Å². The van der Waals surface area contributed by atoms with Crippen molar-refractivity contribution in [2.75, 3.05) is 26.2 Å². The molecule has 1 heterocycles. The molecule has 1 amide bonds. The van der Waals surface area contributed by atoms with Gasteiger partial charge in [0, 0.05) is 48.9 Å². The van der Waals surface area contributed by atoms with Crippen LogP contribution in [0.3, 0.4) is 0 Å². The number of likely N-dealkylation sites (N-methyl/N-ethyl adjacent to an activating group) is 1. The number of carbonyl (C=O) groups is 2. The van der Waals surface area contributed by atoms with E-state index in [0.717, 1.165) is 25.2 Å². The lowest BCUT2D eigenvalue weighted by Crippen LogP contribution is -2.26. The Bertz CT molecular complexity index is 1070. The molecule has 0 atom stereocenters. The highest BCUT2D eigenvalue weighted by Gasteiger charge is 2.28. The van der Waals surface area contributed by atoms with E-state index >= 15 is 0 Å². The Morgan fingerprint density at radius 2 is 2.08 bits per heavy atom. The molecule has 0 unspecified atom stereocenters. The van der Waals surface area contributed by atoms with Gasteiger partial charge in [-0.15, -0.1) is 0 Å². The van der Waals surface area contributed by atoms with Crippen molar-refractivity contribution in [2.45, 2.75) is 53.9 Å². The Kier molecular flexibility index (Phi) is 11.2. The van der Waals surface area contributed by atoms with Crippen LogP contribution in [0.1, 0.15) is 53.9 Å². The summed E-state index contributed by atoms with van der Waals surface area (Å²) in [5.41, 5.74) is 3.20. The van der Waals surface area contributed by atoms with Gasteiger partial charge in [0.1, 0.15) is 23.8 Å². The van der Waals surface area contributed by atoms with Crippen molar-refractivity contribution < 1.29 is 19.1 Å². The molecular weight excluding hydrogens is 454 g/mol. The zero-order valence-corrected chi connectivity index (χ0v) is 22.3. The fraction of sp³-hybridized carbons (Fsp3) is 0.414. The minimum atomic E-state index is -0.0423. The van der Waals surface area contributed by atoms with Gasteiger partial charge < -0.3 is 19.7 Å². The molecule has 0 fully saturated rings. The monoisotopic (exact) mass is 493 g/mol. The fourth-order valence-corrected chi connectivity index (χ4v) is 3.78. The average molecular weight is 494 g/mol. The number of nitrogens with zero attached hydrogens (tertiary/aromatic N) is 2. The highest BCUT2D eigenvalue weighted by Crippen LogP contribution is 2.32. The van der Waals surface area contributed by atoms with Gasteiger partial charge >= 0.3 is 0 Å². The van der Waals surface area contributed by atoms with Crippen LogP contribution in [-0.4, -0.2) is 48.5 Å². The smallest absolute Gasteiger partial charge is 0.219 e. The van der Waals surface area contributed by atoms with Crippen LogP contribution in [0.15, 0.2) is 88.3 Å². The summed E-state index contributed by atoms with van der Waals surface area (Å²) in [7, 11) is 0. The molecule has 36 heavy (non-hydrogen) atoms. The molecule has 0 saturated carbocycles. The zero-order chi connectivity index (χ0) is 26.7. The van der Waals surface area contributed by atoms with E-state index in [1.807, 2.05) is 19.1 Å². The maximum atomic E-state index is 12.8. The number of Topliss-reactive ketones (excluding diaryl/α,β-unsaturated/α-hetero) is 1. The third-order valence-corrected chi connectivity index (χ3v) is 5.85. The number of carbonyl (C=O) groups excluding carboxylic acids is 2. The molecular formula is C29H39N3O4. The molecule has 0 radical (unpaired) electrons. The van der Waals surface area contributed by atoms with Gasteiger partial charge in [0.2, 0.25) is 5.91 Å². The van der Waals surface area contributed by atoms with Crippen molar-refractivity contribution >= 4 is 17.4 Å². The van der Waals surface area contributed by atoms with Gasteiger partial charge in [-0.25, -0.2) is 4.99 Å². The summed E-state index contributed by atoms with van der Waals surface area (Å²) in [4.78, 5) is 31.3. The van der Waals surface area contributed by atoms with Gasteiger partial charge in [0.25, 0.3) is 0 Å². The number of rotatable bonds is 12. The Labute approximate surface area is 215 Å². The van der Waals surface area contributed by atoms with E-state index < -0.39 is 0 Å². The van der Waals surface area contributed by atoms with Crippen LogP contribution in [0, 0.1) is 0 Å². The van der Waals surface area contributed by atoms with Gasteiger partial charge in [-0.3, -0.25) is 9.59 Å². The van der Waals surface area contributed by atoms with Gasteiger partial charge in [0.15, 0.2) is 11.5 Å². The molecule has 2 aliphatic rings. The molecule has 1 N–H and O–H groups in total. The molecule has 0 saturated heterocycles. The first-order chi connectivity index (χ1) is 17.3. The van der Waals surface area contributed by atoms with E-state index in [0.29, 0.717) is 52.8 Å². The third-order valence-electron chi connectivity index (χ3n) is 5.85. The first kappa shape index (κ1) is 28.6. The van der Waals surface area contributed by atoms with E-state index in [-0.39, 0.29) is 24.7 Å². The van der Waals surface area contributed by atoms with Crippen molar-refractivity contribution in [3.8, 4) is 0 Å². The van der Waals surface area contributed by atoms with E-state index in [4.69, 9.17) is 14.5 Å². The van der Waals surface area contributed by atoms with Crippen molar-refractivity contribution in [1.82, 2.24) is 10.2 Å². The van der Waals surface area contributed by atoms with Crippen LogP contribution >= 0.6 is 0 Å². The normalized spacial score (nSPS) is 17.6. The first-order valence-corrected chi connectivity index (χ1v) is 12.6. The summed E-state index contributed by atoms with van der Waals surface area (Å²) in [6.07, 6.45) is 10.7. The Morgan fingerprint density at radius 1 is 1.33 bits per heavy atom. The zero-order valence-electron chi connectivity index (χ0n) is 22.3. The minimum Gasteiger partial charge on any atom is -0.492 e. The molecule has 7 nitrogen and oxygen atoms in total. The number of ketones is 1. The van der Waals surface area contributed by atoms with E-state index in [1.54, 1.807) is 32.1 Å². The Balaban J connectivity index is 2.39. The lowest BCUT2D eigenvalue weighted by molar-refractivity contribution is -0.121. The number of ether oxygens (including phenoxy) is 2. The quantitative estimate of drug-likeness (QED) is 0.227. The molecule has 0 aromatic heterocycles. The largest absolute Gasteiger partial charge is 0.492 e. The van der Waals surface area contributed by atoms with Crippen LogP contribution in [0.5, 0.6) is 0 Å².